The van der Waals surface area contributed by atoms with Gasteiger partial charge in [-0.15, -0.1) is 0 Å². The van der Waals surface area contributed by atoms with Gasteiger partial charge in [0.2, 0.25) is 0 Å². The second-order valence-corrected chi connectivity index (χ2v) is 5.94. The van der Waals surface area contributed by atoms with Crippen molar-refractivity contribution in [2.75, 3.05) is 31.1 Å². The Labute approximate surface area is 142 Å². The van der Waals surface area contributed by atoms with E-state index in [-0.39, 0.29) is 0 Å². The van der Waals surface area contributed by atoms with Gasteiger partial charge in [-0.25, -0.2) is 4.98 Å². The smallest absolute Gasteiger partial charge is 0.128 e. The molecular formula is C20H20N4. The van der Waals surface area contributed by atoms with Gasteiger partial charge in [-0.1, -0.05) is 48.5 Å². The molecule has 0 N–H and O–H groups in total. The van der Waals surface area contributed by atoms with Crippen LogP contribution in [0.15, 0.2) is 72.0 Å². The number of rotatable bonds is 3. The third kappa shape index (κ3) is 3.08. The van der Waals surface area contributed by atoms with Gasteiger partial charge in [-0.3, -0.25) is 5.01 Å². The maximum absolute atomic E-state index is 4.69. The van der Waals surface area contributed by atoms with Crippen molar-refractivity contribution in [2.45, 2.75) is 0 Å². The minimum atomic E-state index is 0.915. The van der Waals surface area contributed by atoms with E-state index in [4.69, 9.17) is 5.10 Å². The van der Waals surface area contributed by atoms with E-state index in [0.29, 0.717) is 0 Å². The molecule has 1 fully saturated rings. The van der Waals surface area contributed by atoms with Crippen LogP contribution in [-0.2, 0) is 0 Å². The highest BCUT2D eigenvalue weighted by Gasteiger charge is 2.16. The zero-order valence-corrected chi connectivity index (χ0v) is 13.5. The number of fused-ring (bicyclic) bond motifs is 1. The molecule has 4 nitrogen and oxygen atoms in total. The number of hydrogen-bond acceptors (Lipinski definition) is 4. The highest BCUT2D eigenvalue weighted by Crippen LogP contribution is 2.17. The number of benzene rings is 2. The normalized spacial score (nSPS) is 15.3. The Bertz CT molecular complexity index is 831. The first kappa shape index (κ1) is 14.7. The van der Waals surface area contributed by atoms with Gasteiger partial charge in [0.1, 0.15) is 5.82 Å². The second-order valence-electron chi connectivity index (χ2n) is 5.94. The van der Waals surface area contributed by atoms with Crippen LogP contribution in [0.3, 0.4) is 0 Å². The van der Waals surface area contributed by atoms with Gasteiger partial charge >= 0.3 is 0 Å². The summed E-state index contributed by atoms with van der Waals surface area (Å²) in [5.74, 6) is 1.05. The van der Waals surface area contributed by atoms with Gasteiger partial charge in [-0.05, 0) is 22.9 Å². The van der Waals surface area contributed by atoms with Crippen molar-refractivity contribution in [1.29, 1.82) is 0 Å². The predicted molar refractivity (Wildman–Crippen MR) is 99.6 cm³/mol. The van der Waals surface area contributed by atoms with Gasteiger partial charge in [0, 0.05) is 24.8 Å². The summed E-state index contributed by atoms with van der Waals surface area (Å²) in [6.07, 6.45) is 3.83. The highest BCUT2D eigenvalue weighted by atomic mass is 15.5. The van der Waals surface area contributed by atoms with Crippen molar-refractivity contribution in [3.8, 4) is 0 Å². The van der Waals surface area contributed by atoms with Crippen LogP contribution in [0, 0.1) is 0 Å². The van der Waals surface area contributed by atoms with Crippen molar-refractivity contribution in [2.24, 2.45) is 5.10 Å². The Hall–Kier alpha value is -2.88. The van der Waals surface area contributed by atoms with Crippen molar-refractivity contribution in [3.05, 3.63) is 72.4 Å². The Morgan fingerprint density at radius 2 is 1.62 bits per heavy atom. The number of anilines is 1. The fourth-order valence-electron chi connectivity index (χ4n) is 3.09. The predicted octanol–water partition coefficient (Wildman–Crippen LogP) is 3.39. The van der Waals surface area contributed by atoms with Crippen LogP contribution >= 0.6 is 0 Å². The topological polar surface area (TPSA) is 31.7 Å². The fourth-order valence-corrected chi connectivity index (χ4v) is 3.09. The van der Waals surface area contributed by atoms with Crippen molar-refractivity contribution in [1.82, 2.24) is 9.99 Å². The molecule has 120 valence electrons. The van der Waals surface area contributed by atoms with Gasteiger partial charge in [-0.2, -0.15) is 5.10 Å². The number of aromatic nitrogens is 1. The molecule has 0 radical (unpaired) electrons. The first-order valence-electron chi connectivity index (χ1n) is 8.33. The van der Waals surface area contributed by atoms with E-state index in [1.807, 2.05) is 24.5 Å². The van der Waals surface area contributed by atoms with Crippen molar-refractivity contribution in [3.63, 3.8) is 0 Å². The molecule has 2 aromatic carbocycles. The number of nitrogens with zero attached hydrogens (tertiary/aromatic N) is 4. The maximum Gasteiger partial charge on any atom is 0.128 e. The summed E-state index contributed by atoms with van der Waals surface area (Å²) in [6, 6.07) is 20.8. The van der Waals surface area contributed by atoms with E-state index in [2.05, 4.69) is 63.4 Å². The molecule has 24 heavy (non-hydrogen) atoms. The van der Waals surface area contributed by atoms with Crippen LogP contribution in [0.1, 0.15) is 5.56 Å². The lowest BCUT2D eigenvalue weighted by molar-refractivity contribution is 0.271. The molecular weight excluding hydrogens is 296 g/mol. The fraction of sp³-hybridized carbons (Fsp3) is 0.200. The third-order valence-corrected chi connectivity index (χ3v) is 4.41. The van der Waals surface area contributed by atoms with Crippen molar-refractivity contribution >= 4 is 22.8 Å². The average Bonchev–Trinajstić information content (AvgIpc) is 2.67. The molecule has 1 aliphatic rings. The summed E-state index contributed by atoms with van der Waals surface area (Å²) in [5, 5.41) is 9.33. The Morgan fingerprint density at radius 1 is 0.833 bits per heavy atom. The van der Waals surface area contributed by atoms with Crippen LogP contribution in [0.25, 0.3) is 10.8 Å². The second kappa shape index (κ2) is 6.71. The van der Waals surface area contributed by atoms with Crippen LogP contribution in [0.4, 0.5) is 5.82 Å². The van der Waals surface area contributed by atoms with Gasteiger partial charge < -0.3 is 4.90 Å². The number of hydrazone groups is 1. The summed E-state index contributed by atoms with van der Waals surface area (Å²) >= 11 is 0. The lowest BCUT2D eigenvalue weighted by Crippen LogP contribution is -2.44. The molecule has 1 aliphatic heterocycles. The van der Waals surface area contributed by atoms with E-state index in [1.54, 1.807) is 0 Å². The lowest BCUT2D eigenvalue weighted by atomic mass is 10.1. The molecule has 0 bridgehead atoms. The van der Waals surface area contributed by atoms with Crippen LogP contribution in [0.2, 0.25) is 0 Å². The molecule has 2 heterocycles. The Morgan fingerprint density at radius 3 is 2.46 bits per heavy atom. The van der Waals surface area contributed by atoms with Gasteiger partial charge in [0.05, 0.1) is 19.3 Å². The third-order valence-electron chi connectivity index (χ3n) is 4.41. The first-order chi connectivity index (χ1) is 11.9. The summed E-state index contributed by atoms with van der Waals surface area (Å²) < 4.78 is 0. The molecule has 3 aromatic rings. The van der Waals surface area contributed by atoms with E-state index in [0.717, 1.165) is 32.0 Å². The minimum Gasteiger partial charge on any atom is -0.353 e. The molecule has 0 aliphatic carbocycles. The number of piperazine rings is 1. The molecule has 0 spiro atoms. The van der Waals surface area contributed by atoms with Crippen LogP contribution in [0.5, 0.6) is 0 Å². The molecule has 4 rings (SSSR count). The lowest BCUT2D eigenvalue weighted by Gasteiger charge is -2.33. The largest absolute Gasteiger partial charge is 0.353 e. The highest BCUT2D eigenvalue weighted by molar-refractivity contribution is 5.99. The Kier molecular flexibility index (Phi) is 4.11. The SMILES string of the molecule is C(=N\N1CCN(c2ccccn2)CC1)/c1cccc2ccccc12. The summed E-state index contributed by atoms with van der Waals surface area (Å²) in [4.78, 5) is 6.73. The minimum absolute atomic E-state index is 0.915. The molecule has 0 saturated carbocycles. The van der Waals surface area contributed by atoms with Crippen molar-refractivity contribution < 1.29 is 0 Å². The number of hydrogen-bond donors (Lipinski definition) is 0. The summed E-state index contributed by atoms with van der Waals surface area (Å²) in [6.45, 7) is 3.73. The monoisotopic (exact) mass is 316 g/mol. The zero-order chi connectivity index (χ0) is 16.2. The quantitative estimate of drug-likeness (QED) is 0.694. The molecule has 1 aromatic heterocycles. The molecule has 4 heteroatoms. The van der Waals surface area contributed by atoms with Crippen LogP contribution < -0.4 is 4.90 Å². The molecule has 0 unspecified atom stereocenters. The van der Waals surface area contributed by atoms with E-state index >= 15 is 0 Å². The number of pyridine rings is 1. The average molecular weight is 316 g/mol. The van der Waals surface area contributed by atoms with E-state index in [9.17, 15) is 0 Å². The maximum atomic E-state index is 4.69. The molecule has 0 amide bonds. The summed E-state index contributed by atoms with van der Waals surface area (Å²) in [7, 11) is 0. The molecule has 1 saturated heterocycles. The van der Waals surface area contributed by atoms with E-state index < -0.39 is 0 Å². The van der Waals surface area contributed by atoms with Crippen LogP contribution in [-0.4, -0.2) is 42.4 Å². The Balaban J connectivity index is 1.44. The van der Waals surface area contributed by atoms with E-state index in [1.165, 1.54) is 16.3 Å². The first-order valence-corrected chi connectivity index (χ1v) is 8.33. The molecule has 0 atom stereocenters. The van der Waals surface area contributed by atoms with Gasteiger partial charge in [0.25, 0.3) is 0 Å². The van der Waals surface area contributed by atoms with Gasteiger partial charge in [0.15, 0.2) is 0 Å². The standard InChI is InChI=1S/C20H20N4/c1-2-9-19-17(6-1)7-5-8-18(19)16-22-24-14-12-23(13-15-24)20-10-3-4-11-21-20/h1-11,16H,12-15H2/b22-16+. The summed E-state index contributed by atoms with van der Waals surface area (Å²) in [5.41, 5.74) is 1.17. The zero-order valence-electron chi connectivity index (χ0n) is 13.5.